The second-order valence-electron chi connectivity index (χ2n) is 6.46. The number of benzene rings is 2. The van der Waals surface area contributed by atoms with E-state index in [9.17, 15) is 9.59 Å². The Hall–Kier alpha value is -2.77. The van der Waals surface area contributed by atoms with Crippen LogP contribution in [0, 0.1) is 0 Å². The zero-order valence-electron chi connectivity index (χ0n) is 17.0. The van der Waals surface area contributed by atoms with E-state index in [2.05, 4.69) is 11.4 Å². The zero-order chi connectivity index (χ0) is 21.3. The van der Waals surface area contributed by atoms with Crippen molar-refractivity contribution in [2.75, 3.05) is 25.5 Å². The van der Waals surface area contributed by atoms with Crippen LogP contribution < -0.4 is 10.1 Å². The molecule has 0 atom stereocenters. The number of hydrogen-bond donors (Lipinski definition) is 1. The third kappa shape index (κ3) is 5.87. The number of rotatable bonds is 9. The predicted octanol–water partition coefficient (Wildman–Crippen LogP) is 5.15. The average Bonchev–Trinajstić information content (AvgIpc) is 3.29. The molecule has 3 rings (SSSR count). The zero-order valence-corrected chi connectivity index (χ0v) is 18.6. The fourth-order valence-corrected chi connectivity index (χ4v) is 4.70. The summed E-state index contributed by atoms with van der Waals surface area (Å²) in [5.74, 6) is 1.08. The number of nitrogens with one attached hydrogen (secondary N) is 1. The SMILES string of the molecule is CCN(CC(=O)Nc1cccc(OC)c1)C(=O)c1ccccc1SCc1cccs1. The fourth-order valence-electron chi connectivity index (χ4n) is 2.89. The Labute approximate surface area is 185 Å². The lowest BCUT2D eigenvalue weighted by molar-refractivity contribution is -0.116. The number of nitrogens with zero attached hydrogens (tertiary/aromatic N) is 1. The minimum atomic E-state index is -0.248. The van der Waals surface area contributed by atoms with Crippen LogP contribution in [0.1, 0.15) is 22.2 Å². The number of ether oxygens (including phenoxy) is 1. The molecule has 0 unspecified atom stereocenters. The van der Waals surface area contributed by atoms with Crippen LogP contribution in [0.15, 0.2) is 70.9 Å². The summed E-state index contributed by atoms with van der Waals surface area (Å²) < 4.78 is 5.18. The standard InChI is InChI=1S/C23H24N2O3S2/c1-3-25(15-22(26)24-17-8-6-9-18(14-17)28-2)23(27)20-11-4-5-12-21(20)30-16-19-10-7-13-29-19/h4-14H,3,15-16H2,1-2H3,(H,24,26). The molecule has 1 heterocycles. The van der Waals surface area contributed by atoms with E-state index in [4.69, 9.17) is 4.74 Å². The lowest BCUT2D eigenvalue weighted by Crippen LogP contribution is -2.38. The van der Waals surface area contributed by atoms with Crippen LogP contribution in [-0.2, 0) is 10.5 Å². The van der Waals surface area contributed by atoms with Gasteiger partial charge in [0.25, 0.3) is 5.91 Å². The van der Waals surface area contributed by atoms with Crippen molar-refractivity contribution in [1.29, 1.82) is 0 Å². The first kappa shape index (κ1) is 21.9. The molecule has 5 nitrogen and oxygen atoms in total. The van der Waals surface area contributed by atoms with E-state index >= 15 is 0 Å². The Kier molecular flexibility index (Phi) is 7.93. The van der Waals surface area contributed by atoms with Gasteiger partial charge >= 0.3 is 0 Å². The lowest BCUT2D eigenvalue weighted by atomic mass is 10.2. The molecule has 1 N–H and O–H groups in total. The van der Waals surface area contributed by atoms with Gasteiger partial charge in [0.2, 0.25) is 5.91 Å². The summed E-state index contributed by atoms with van der Waals surface area (Å²) in [6.07, 6.45) is 0. The molecular formula is C23H24N2O3S2. The molecule has 2 aromatic carbocycles. The van der Waals surface area contributed by atoms with E-state index in [1.165, 1.54) is 4.88 Å². The molecule has 7 heteroatoms. The highest BCUT2D eigenvalue weighted by Crippen LogP contribution is 2.28. The summed E-state index contributed by atoms with van der Waals surface area (Å²) in [7, 11) is 1.58. The molecule has 1 aromatic heterocycles. The quantitative estimate of drug-likeness (QED) is 0.468. The average molecular weight is 441 g/mol. The third-order valence-electron chi connectivity index (χ3n) is 4.42. The van der Waals surface area contributed by atoms with Gasteiger partial charge in [-0.25, -0.2) is 0 Å². The third-order valence-corrected chi connectivity index (χ3v) is 6.61. The Morgan fingerprint density at radius 3 is 2.67 bits per heavy atom. The van der Waals surface area contributed by atoms with Crippen molar-refractivity contribution in [2.45, 2.75) is 17.6 Å². The van der Waals surface area contributed by atoms with E-state index in [0.29, 0.717) is 23.5 Å². The minimum absolute atomic E-state index is 0.0174. The Balaban J connectivity index is 1.67. The van der Waals surface area contributed by atoms with Gasteiger partial charge in [-0.2, -0.15) is 0 Å². The largest absolute Gasteiger partial charge is 0.497 e. The number of carbonyl (C=O) groups is 2. The summed E-state index contributed by atoms with van der Waals surface area (Å²) in [6, 6.07) is 18.8. The van der Waals surface area contributed by atoms with Gasteiger partial charge in [-0.1, -0.05) is 24.3 Å². The first-order valence-corrected chi connectivity index (χ1v) is 11.4. The fraction of sp³-hybridized carbons (Fsp3) is 0.217. The van der Waals surface area contributed by atoms with E-state index < -0.39 is 0 Å². The highest BCUT2D eigenvalue weighted by molar-refractivity contribution is 7.98. The van der Waals surface area contributed by atoms with Gasteiger partial charge in [-0.3, -0.25) is 9.59 Å². The van der Waals surface area contributed by atoms with Crippen molar-refractivity contribution in [3.63, 3.8) is 0 Å². The summed E-state index contributed by atoms with van der Waals surface area (Å²) in [5.41, 5.74) is 1.25. The van der Waals surface area contributed by atoms with Crippen molar-refractivity contribution in [3.8, 4) is 5.75 Å². The summed E-state index contributed by atoms with van der Waals surface area (Å²) in [4.78, 5) is 29.4. The molecule has 0 aliphatic carbocycles. The Morgan fingerprint density at radius 2 is 1.93 bits per heavy atom. The number of carbonyl (C=O) groups excluding carboxylic acids is 2. The summed E-state index contributed by atoms with van der Waals surface area (Å²) >= 11 is 3.34. The van der Waals surface area contributed by atoms with Crippen LogP contribution in [-0.4, -0.2) is 36.9 Å². The molecule has 0 spiro atoms. The van der Waals surface area contributed by atoms with Crippen molar-refractivity contribution >= 4 is 40.6 Å². The molecule has 2 amide bonds. The van der Waals surface area contributed by atoms with Crippen LogP contribution >= 0.6 is 23.1 Å². The number of amides is 2. The van der Waals surface area contributed by atoms with Gasteiger partial charge in [0.1, 0.15) is 12.3 Å². The van der Waals surface area contributed by atoms with E-state index in [1.54, 1.807) is 53.3 Å². The van der Waals surface area contributed by atoms with Crippen LogP contribution in [0.25, 0.3) is 0 Å². The topological polar surface area (TPSA) is 58.6 Å². The molecule has 3 aromatic rings. The van der Waals surface area contributed by atoms with Crippen LogP contribution in [0.4, 0.5) is 5.69 Å². The van der Waals surface area contributed by atoms with Crippen LogP contribution in [0.5, 0.6) is 5.75 Å². The highest BCUT2D eigenvalue weighted by atomic mass is 32.2. The van der Waals surface area contributed by atoms with Crippen molar-refractivity contribution in [1.82, 2.24) is 4.90 Å². The van der Waals surface area contributed by atoms with Crippen LogP contribution in [0.2, 0.25) is 0 Å². The number of likely N-dealkylation sites (N-methyl/N-ethyl adjacent to an activating group) is 1. The van der Waals surface area contributed by atoms with E-state index in [0.717, 1.165) is 10.6 Å². The van der Waals surface area contributed by atoms with Gasteiger partial charge in [-0.05, 0) is 42.6 Å². The second-order valence-corrected chi connectivity index (χ2v) is 8.51. The number of methoxy groups -OCH3 is 1. The number of anilines is 1. The highest BCUT2D eigenvalue weighted by Gasteiger charge is 2.20. The number of hydrogen-bond acceptors (Lipinski definition) is 5. The van der Waals surface area contributed by atoms with E-state index in [-0.39, 0.29) is 18.4 Å². The lowest BCUT2D eigenvalue weighted by Gasteiger charge is -2.22. The molecule has 0 bridgehead atoms. The Bertz CT molecular complexity index is 990. The van der Waals surface area contributed by atoms with Gasteiger partial charge in [0, 0.05) is 33.8 Å². The van der Waals surface area contributed by atoms with Gasteiger partial charge < -0.3 is 15.0 Å². The van der Waals surface area contributed by atoms with Crippen molar-refractivity contribution in [2.24, 2.45) is 0 Å². The molecule has 0 aliphatic heterocycles. The number of thioether (sulfide) groups is 1. The van der Waals surface area contributed by atoms with Crippen LogP contribution in [0.3, 0.4) is 0 Å². The van der Waals surface area contributed by atoms with Gasteiger partial charge in [0.15, 0.2) is 0 Å². The molecule has 0 saturated heterocycles. The van der Waals surface area contributed by atoms with Gasteiger partial charge in [-0.15, -0.1) is 23.1 Å². The Morgan fingerprint density at radius 1 is 1.10 bits per heavy atom. The molecule has 30 heavy (non-hydrogen) atoms. The van der Waals surface area contributed by atoms with Crippen molar-refractivity contribution in [3.05, 3.63) is 76.5 Å². The molecule has 0 radical (unpaired) electrons. The van der Waals surface area contributed by atoms with E-state index in [1.807, 2.05) is 48.7 Å². The second kappa shape index (κ2) is 10.8. The first-order valence-electron chi connectivity index (χ1n) is 9.58. The maximum absolute atomic E-state index is 13.2. The summed E-state index contributed by atoms with van der Waals surface area (Å²) in [5, 5.41) is 4.88. The van der Waals surface area contributed by atoms with Crippen molar-refractivity contribution < 1.29 is 14.3 Å². The molecule has 0 aliphatic rings. The number of thiophene rings is 1. The maximum Gasteiger partial charge on any atom is 0.255 e. The monoisotopic (exact) mass is 440 g/mol. The summed E-state index contributed by atoms with van der Waals surface area (Å²) in [6.45, 7) is 2.29. The first-order chi connectivity index (χ1) is 14.6. The predicted molar refractivity (Wildman–Crippen MR) is 124 cm³/mol. The molecule has 156 valence electrons. The smallest absolute Gasteiger partial charge is 0.255 e. The molecular weight excluding hydrogens is 416 g/mol. The molecule has 0 fully saturated rings. The molecule has 0 saturated carbocycles. The maximum atomic E-state index is 13.2. The minimum Gasteiger partial charge on any atom is -0.497 e. The van der Waals surface area contributed by atoms with Gasteiger partial charge in [0.05, 0.1) is 12.7 Å². The normalized spacial score (nSPS) is 10.5.